The number of carboxylic acid groups (broad SMARTS) is 1. The first-order valence-corrected chi connectivity index (χ1v) is 5.46. The van der Waals surface area contributed by atoms with Crippen molar-refractivity contribution in [3.05, 3.63) is 17.6 Å². The summed E-state index contributed by atoms with van der Waals surface area (Å²) >= 11 is 0. The van der Waals surface area contributed by atoms with Gasteiger partial charge in [-0.3, -0.25) is 0 Å². The van der Waals surface area contributed by atoms with E-state index in [1.165, 1.54) is 6.20 Å². The molecule has 0 radical (unpaired) electrons. The molecule has 1 aromatic heterocycles. The maximum Gasteiger partial charge on any atom is 0.341 e. The van der Waals surface area contributed by atoms with Gasteiger partial charge >= 0.3 is 5.97 Å². The Kier molecular flexibility index (Phi) is 4.69. The Morgan fingerprint density at radius 1 is 1.50 bits per heavy atom. The van der Waals surface area contributed by atoms with Crippen LogP contribution in [0.3, 0.4) is 0 Å². The van der Waals surface area contributed by atoms with Crippen LogP contribution in [0.15, 0.2) is 6.20 Å². The third kappa shape index (κ3) is 3.49. The molecule has 0 amide bonds. The van der Waals surface area contributed by atoms with Gasteiger partial charge in [0.25, 0.3) is 0 Å². The molecule has 0 bridgehead atoms. The second-order valence-corrected chi connectivity index (χ2v) is 3.62. The number of aromatic carboxylic acids is 1. The van der Waals surface area contributed by atoms with Gasteiger partial charge in [-0.15, -0.1) is 0 Å². The smallest absolute Gasteiger partial charge is 0.341 e. The van der Waals surface area contributed by atoms with E-state index in [0.717, 1.165) is 25.8 Å². The highest BCUT2D eigenvalue weighted by atomic mass is 16.4. The minimum absolute atomic E-state index is 0.127. The van der Waals surface area contributed by atoms with E-state index < -0.39 is 5.97 Å². The van der Waals surface area contributed by atoms with Crippen molar-refractivity contribution in [1.29, 1.82) is 0 Å². The predicted molar refractivity (Wildman–Crippen MR) is 61.7 cm³/mol. The van der Waals surface area contributed by atoms with Crippen LogP contribution in [0.1, 0.15) is 42.4 Å². The summed E-state index contributed by atoms with van der Waals surface area (Å²) in [6.45, 7) is 4.60. The number of hydrogen-bond acceptors (Lipinski definition) is 4. The van der Waals surface area contributed by atoms with Crippen LogP contribution < -0.4 is 5.32 Å². The summed E-state index contributed by atoms with van der Waals surface area (Å²) in [5.74, 6) is -0.0166. The van der Waals surface area contributed by atoms with Crippen molar-refractivity contribution in [2.45, 2.75) is 33.1 Å². The Labute approximate surface area is 94.9 Å². The fraction of sp³-hybridized carbons (Fsp3) is 0.545. The van der Waals surface area contributed by atoms with E-state index in [4.69, 9.17) is 5.11 Å². The lowest BCUT2D eigenvalue weighted by atomic mass is 10.2. The Hall–Kier alpha value is -1.65. The Morgan fingerprint density at radius 3 is 2.88 bits per heavy atom. The molecule has 0 spiro atoms. The van der Waals surface area contributed by atoms with Crippen LogP contribution in [0.4, 0.5) is 5.82 Å². The van der Waals surface area contributed by atoms with Crippen molar-refractivity contribution in [2.24, 2.45) is 0 Å². The lowest BCUT2D eigenvalue weighted by Crippen LogP contribution is -2.11. The van der Waals surface area contributed by atoms with Gasteiger partial charge in [-0.05, 0) is 13.3 Å². The molecule has 88 valence electrons. The molecule has 5 heteroatoms. The summed E-state index contributed by atoms with van der Waals surface area (Å²) in [5.41, 5.74) is 0.127. The predicted octanol–water partition coefficient (Wildman–Crippen LogP) is 2.09. The van der Waals surface area contributed by atoms with Crippen molar-refractivity contribution in [1.82, 2.24) is 9.97 Å². The van der Waals surface area contributed by atoms with Gasteiger partial charge in [0.05, 0.1) is 0 Å². The minimum atomic E-state index is -1.00. The number of carbonyl (C=O) groups is 1. The normalized spacial score (nSPS) is 10.1. The van der Waals surface area contributed by atoms with Gasteiger partial charge in [0.15, 0.2) is 0 Å². The second kappa shape index (κ2) is 6.05. The Bertz CT molecular complexity index is 366. The lowest BCUT2D eigenvalue weighted by molar-refractivity contribution is 0.0697. The number of hydrogen-bond donors (Lipinski definition) is 2. The molecule has 5 nitrogen and oxygen atoms in total. The molecule has 0 aliphatic rings. The van der Waals surface area contributed by atoms with Crippen molar-refractivity contribution >= 4 is 11.8 Å². The number of anilines is 1. The maximum absolute atomic E-state index is 10.9. The van der Waals surface area contributed by atoms with Gasteiger partial charge in [0, 0.05) is 12.7 Å². The fourth-order valence-electron chi connectivity index (χ4n) is 1.34. The van der Waals surface area contributed by atoms with Crippen molar-refractivity contribution in [2.75, 3.05) is 11.9 Å². The summed E-state index contributed by atoms with van der Waals surface area (Å²) in [6.07, 6.45) is 4.61. The van der Waals surface area contributed by atoms with Crippen LogP contribution in [0.5, 0.6) is 0 Å². The number of unbranched alkanes of at least 4 members (excludes halogenated alkanes) is 2. The molecule has 0 saturated carbocycles. The van der Waals surface area contributed by atoms with E-state index in [9.17, 15) is 4.79 Å². The highest BCUT2D eigenvalue weighted by molar-refractivity contribution is 5.92. The highest BCUT2D eigenvalue weighted by Crippen LogP contribution is 2.11. The van der Waals surface area contributed by atoms with E-state index in [1.807, 2.05) is 0 Å². The number of nitrogens with zero attached hydrogens (tertiary/aromatic N) is 2. The zero-order chi connectivity index (χ0) is 12.0. The monoisotopic (exact) mass is 223 g/mol. The number of rotatable bonds is 6. The molecule has 0 aromatic carbocycles. The molecular formula is C11H17N3O2. The number of aryl methyl sites for hydroxylation is 1. The summed E-state index contributed by atoms with van der Waals surface area (Å²) in [7, 11) is 0. The lowest BCUT2D eigenvalue weighted by Gasteiger charge is -2.08. The summed E-state index contributed by atoms with van der Waals surface area (Å²) < 4.78 is 0. The summed E-state index contributed by atoms with van der Waals surface area (Å²) in [6, 6.07) is 0. The number of carboxylic acids is 1. The van der Waals surface area contributed by atoms with Crippen molar-refractivity contribution < 1.29 is 9.90 Å². The third-order valence-corrected chi connectivity index (χ3v) is 2.21. The van der Waals surface area contributed by atoms with Crippen LogP contribution in [0.2, 0.25) is 0 Å². The van der Waals surface area contributed by atoms with Crippen LogP contribution in [0, 0.1) is 6.92 Å². The first-order chi connectivity index (χ1) is 7.65. The molecule has 1 aromatic rings. The van der Waals surface area contributed by atoms with Gasteiger partial charge < -0.3 is 10.4 Å². The molecule has 0 unspecified atom stereocenters. The molecule has 1 heterocycles. The van der Waals surface area contributed by atoms with Gasteiger partial charge in [-0.1, -0.05) is 19.8 Å². The molecule has 0 saturated heterocycles. The van der Waals surface area contributed by atoms with Crippen LogP contribution in [-0.2, 0) is 0 Å². The maximum atomic E-state index is 10.9. The summed E-state index contributed by atoms with van der Waals surface area (Å²) in [4.78, 5) is 18.9. The van der Waals surface area contributed by atoms with E-state index in [0.29, 0.717) is 11.6 Å². The Morgan fingerprint density at radius 2 is 2.25 bits per heavy atom. The fourth-order valence-corrected chi connectivity index (χ4v) is 1.34. The Balaban J connectivity index is 2.68. The van der Waals surface area contributed by atoms with E-state index in [2.05, 4.69) is 22.2 Å². The zero-order valence-corrected chi connectivity index (χ0v) is 9.66. The van der Waals surface area contributed by atoms with Gasteiger partial charge in [-0.25, -0.2) is 14.8 Å². The van der Waals surface area contributed by atoms with Gasteiger partial charge in [0.1, 0.15) is 17.2 Å². The molecule has 2 N–H and O–H groups in total. The minimum Gasteiger partial charge on any atom is -0.477 e. The molecule has 0 aliphatic heterocycles. The standard InChI is InChI=1S/C11H17N3O2/c1-3-4-5-6-12-10-9(11(15)16)7-13-8(2)14-10/h7H,3-6H2,1-2H3,(H,15,16)(H,12,13,14). The number of nitrogens with one attached hydrogen (secondary N) is 1. The zero-order valence-electron chi connectivity index (χ0n) is 9.66. The molecule has 0 aliphatic carbocycles. The first kappa shape index (κ1) is 12.4. The van der Waals surface area contributed by atoms with Crippen LogP contribution in [-0.4, -0.2) is 27.6 Å². The third-order valence-electron chi connectivity index (χ3n) is 2.21. The molecule has 0 atom stereocenters. The first-order valence-electron chi connectivity index (χ1n) is 5.46. The quantitative estimate of drug-likeness (QED) is 0.722. The molecule has 0 fully saturated rings. The average Bonchev–Trinajstić information content (AvgIpc) is 2.24. The van der Waals surface area contributed by atoms with E-state index in [1.54, 1.807) is 6.92 Å². The van der Waals surface area contributed by atoms with Crippen molar-refractivity contribution in [3.63, 3.8) is 0 Å². The van der Waals surface area contributed by atoms with Gasteiger partial charge in [0.2, 0.25) is 0 Å². The molecular weight excluding hydrogens is 206 g/mol. The SMILES string of the molecule is CCCCCNc1nc(C)ncc1C(=O)O. The van der Waals surface area contributed by atoms with Gasteiger partial charge in [-0.2, -0.15) is 0 Å². The topological polar surface area (TPSA) is 75.1 Å². The van der Waals surface area contributed by atoms with E-state index in [-0.39, 0.29) is 5.56 Å². The average molecular weight is 223 g/mol. The van der Waals surface area contributed by atoms with Crippen molar-refractivity contribution in [3.8, 4) is 0 Å². The molecule has 16 heavy (non-hydrogen) atoms. The largest absolute Gasteiger partial charge is 0.477 e. The van der Waals surface area contributed by atoms with Crippen LogP contribution in [0.25, 0.3) is 0 Å². The second-order valence-electron chi connectivity index (χ2n) is 3.62. The summed E-state index contributed by atoms with van der Waals surface area (Å²) in [5, 5.41) is 12.0. The number of aromatic nitrogens is 2. The van der Waals surface area contributed by atoms with Crippen LogP contribution >= 0.6 is 0 Å². The highest BCUT2D eigenvalue weighted by Gasteiger charge is 2.11. The molecule has 1 rings (SSSR count). The van der Waals surface area contributed by atoms with E-state index >= 15 is 0 Å².